The van der Waals surface area contributed by atoms with Gasteiger partial charge in [0.05, 0.1) is 11.8 Å². The first-order chi connectivity index (χ1) is 15.0. The standard InChI is InChI=1S/C25H35N5OS/c1-17(2)25(6,16-26)27-21(31)15-32-23-29-28-22(30(23)20-9-7-8-10-20)18-11-13-19(14-12-18)24(3,4)5/h11-14,17,20H,7-10,15H2,1-6H3,(H,27,31). The minimum absolute atomic E-state index is 0.0197. The number of nitriles is 1. The third-order valence-electron chi connectivity index (χ3n) is 6.48. The van der Waals surface area contributed by atoms with E-state index in [1.54, 1.807) is 6.92 Å². The van der Waals surface area contributed by atoms with Crippen molar-refractivity contribution in [3.05, 3.63) is 29.8 Å². The lowest BCUT2D eigenvalue weighted by Gasteiger charge is -2.27. The number of thioether (sulfide) groups is 1. The minimum Gasteiger partial charge on any atom is -0.337 e. The summed E-state index contributed by atoms with van der Waals surface area (Å²) in [6.45, 7) is 12.3. The molecule has 32 heavy (non-hydrogen) atoms. The molecule has 1 atom stereocenters. The quantitative estimate of drug-likeness (QED) is 0.559. The Hall–Kier alpha value is -2.33. The summed E-state index contributed by atoms with van der Waals surface area (Å²) in [5.74, 6) is 0.929. The second-order valence-electron chi connectivity index (χ2n) is 10.2. The van der Waals surface area contributed by atoms with Gasteiger partial charge in [-0.15, -0.1) is 10.2 Å². The highest BCUT2D eigenvalue weighted by Crippen LogP contribution is 2.37. The molecule has 1 amide bonds. The number of carbonyl (C=O) groups is 1. The molecule has 7 heteroatoms. The molecule has 1 aromatic heterocycles. The van der Waals surface area contributed by atoms with E-state index in [1.165, 1.54) is 30.2 Å². The van der Waals surface area contributed by atoms with Crippen LogP contribution in [0.2, 0.25) is 0 Å². The lowest BCUT2D eigenvalue weighted by atomic mass is 9.86. The zero-order valence-corrected chi connectivity index (χ0v) is 20.9. The van der Waals surface area contributed by atoms with Crippen LogP contribution < -0.4 is 5.32 Å². The molecule has 6 nitrogen and oxygen atoms in total. The fraction of sp³-hybridized carbons (Fsp3) is 0.600. The van der Waals surface area contributed by atoms with Gasteiger partial charge in [-0.05, 0) is 36.7 Å². The lowest BCUT2D eigenvalue weighted by molar-refractivity contribution is -0.120. The summed E-state index contributed by atoms with van der Waals surface area (Å²) in [5, 5.41) is 22.1. The van der Waals surface area contributed by atoms with Crippen molar-refractivity contribution < 1.29 is 4.79 Å². The molecule has 1 unspecified atom stereocenters. The zero-order valence-electron chi connectivity index (χ0n) is 20.1. The Morgan fingerprint density at radius 1 is 1.19 bits per heavy atom. The number of nitrogens with one attached hydrogen (secondary N) is 1. The Morgan fingerprint density at radius 2 is 1.81 bits per heavy atom. The first-order valence-electron chi connectivity index (χ1n) is 11.5. The highest BCUT2D eigenvalue weighted by Gasteiger charge is 2.31. The van der Waals surface area contributed by atoms with Crippen molar-refractivity contribution in [1.29, 1.82) is 5.26 Å². The third kappa shape index (κ3) is 5.35. The second kappa shape index (κ2) is 9.66. The number of nitrogens with zero attached hydrogens (tertiary/aromatic N) is 4. The van der Waals surface area contributed by atoms with Crippen molar-refractivity contribution in [2.24, 2.45) is 5.92 Å². The van der Waals surface area contributed by atoms with Gasteiger partial charge in [-0.2, -0.15) is 5.26 Å². The van der Waals surface area contributed by atoms with Crippen molar-refractivity contribution in [1.82, 2.24) is 20.1 Å². The molecule has 1 heterocycles. The summed E-state index contributed by atoms with van der Waals surface area (Å²) in [5.41, 5.74) is 1.55. The molecule has 0 radical (unpaired) electrons. The molecule has 1 saturated carbocycles. The van der Waals surface area contributed by atoms with Gasteiger partial charge in [0.25, 0.3) is 0 Å². The number of aromatic nitrogens is 3. The molecule has 0 aliphatic heterocycles. The van der Waals surface area contributed by atoms with Crippen molar-refractivity contribution in [2.75, 3.05) is 5.75 Å². The van der Waals surface area contributed by atoms with Gasteiger partial charge < -0.3 is 5.32 Å². The normalized spacial score (nSPS) is 16.7. The topological polar surface area (TPSA) is 83.6 Å². The number of benzene rings is 1. The number of carbonyl (C=O) groups excluding carboxylic acids is 1. The average Bonchev–Trinajstić information content (AvgIpc) is 3.41. The number of amides is 1. The SMILES string of the molecule is CC(C)C(C)(C#N)NC(=O)CSc1nnc(-c2ccc(C(C)(C)C)cc2)n1C1CCCC1. The predicted octanol–water partition coefficient (Wildman–Crippen LogP) is 5.50. The molecule has 0 saturated heterocycles. The van der Waals surface area contributed by atoms with Crippen LogP contribution in [0.4, 0.5) is 0 Å². The molecular weight excluding hydrogens is 418 g/mol. The molecule has 3 rings (SSSR count). The van der Waals surface area contributed by atoms with E-state index in [0.29, 0.717) is 6.04 Å². The summed E-state index contributed by atoms with van der Waals surface area (Å²) < 4.78 is 2.23. The fourth-order valence-electron chi connectivity index (χ4n) is 3.94. The third-order valence-corrected chi connectivity index (χ3v) is 7.42. The summed E-state index contributed by atoms with van der Waals surface area (Å²) in [4.78, 5) is 12.6. The van der Waals surface area contributed by atoms with Crippen LogP contribution in [-0.2, 0) is 10.2 Å². The highest BCUT2D eigenvalue weighted by atomic mass is 32.2. The first-order valence-corrected chi connectivity index (χ1v) is 12.4. The maximum Gasteiger partial charge on any atom is 0.231 e. The highest BCUT2D eigenvalue weighted by molar-refractivity contribution is 7.99. The Kier molecular flexibility index (Phi) is 7.34. The summed E-state index contributed by atoms with van der Waals surface area (Å²) >= 11 is 1.40. The van der Waals surface area contributed by atoms with E-state index >= 15 is 0 Å². The molecule has 0 bridgehead atoms. The van der Waals surface area contributed by atoms with E-state index in [1.807, 2.05) is 13.8 Å². The van der Waals surface area contributed by atoms with Crippen LogP contribution >= 0.6 is 11.8 Å². The smallest absolute Gasteiger partial charge is 0.231 e. The van der Waals surface area contributed by atoms with Gasteiger partial charge in [0.1, 0.15) is 5.54 Å². The second-order valence-corrected chi connectivity index (χ2v) is 11.2. The molecule has 1 aliphatic rings. The van der Waals surface area contributed by atoms with Crippen LogP contribution in [0.3, 0.4) is 0 Å². The van der Waals surface area contributed by atoms with E-state index in [-0.39, 0.29) is 23.0 Å². The van der Waals surface area contributed by atoms with Gasteiger partial charge in [-0.3, -0.25) is 9.36 Å². The Labute approximate surface area is 196 Å². The summed E-state index contributed by atoms with van der Waals surface area (Å²) in [6.07, 6.45) is 4.60. The van der Waals surface area contributed by atoms with Gasteiger partial charge in [0.15, 0.2) is 11.0 Å². The van der Waals surface area contributed by atoms with E-state index in [2.05, 4.69) is 71.2 Å². The van der Waals surface area contributed by atoms with Gasteiger partial charge in [0, 0.05) is 11.6 Å². The van der Waals surface area contributed by atoms with E-state index in [0.717, 1.165) is 29.4 Å². The largest absolute Gasteiger partial charge is 0.337 e. The van der Waals surface area contributed by atoms with Crippen molar-refractivity contribution in [3.63, 3.8) is 0 Å². The Morgan fingerprint density at radius 3 is 2.34 bits per heavy atom. The van der Waals surface area contributed by atoms with E-state index < -0.39 is 5.54 Å². The van der Waals surface area contributed by atoms with Crippen LogP contribution in [-0.4, -0.2) is 32.0 Å². The van der Waals surface area contributed by atoms with Gasteiger partial charge in [0.2, 0.25) is 5.91 Å². The summed E-state index contributed by atoms with van der Waals surface area (Å²) in [6, 6.07) is 11.2. The maximum atomic E-state index is 12.6. The molecule has 2 aromatic rings. The van der Waals surface area contributed by atoms with Crippen LogP contribution in [0.5, 0.6) is 0 Å². The summed E-state index contributed by atoms with van der Waals surface area (Å²) in [7, 11) is 0. The Bertz CT molecular complexity index is 977. The first kappa shape index (κ1) is 24.3. The van der Waals surface area contributed by atoms with Crippen LogP contribution in [0.15, 0.2) is 29.4 Å². The van der Waals surface area contributed by atoms with E-state index in [4.69, 9.17) is 0 Å². The molecule has 1 aromatic carbocycles. The fourth-order valence-corrected chi connectivity index (χ4v) is 4.75. The van der Waals surface area contributed by atoms with Crippen LogP contribution in [0.25, 0.3) is 11.4 Å². The molecule has 0 spiro atoms. The number of hydrogen-bond donors (Lipinski definition) is 1. The number of rotatable bonds is 7. The van der Waals surface area contributed by atoms with E-state index in [9.17, 15) is 10.1 Å². The lowest BCUT2D eigenvalue weighted by Crippen LogP contribution is -2.49. The molecule has 1 N–H and O–H groups in total. The van der Waals surface area contributed by atoms with Gasteiger partial charge in [-0.1, -0.05) is 83.5 Å². The molecule has 1 aliphatic carbocycles. The van der Waals surface area contributed by atoms with Crippen LogP contribution in [0.1, 0.15) is 78.8 Å². The van der Waals surface area contributed by atoms with Gasteiger partial charge in [-0.25, -0.2) is 0 Å². The van der Waals surface area contributed by atoms with Gasteiger partial charge >= 0.3 is 0 Å². The molecule has 172 valence electrons. The predicted molar refractivity (Wildman–Crippen MR) is 129 cm³/mol. The number of hydrogen-bond acceptors (Lipinski definition) is 5. The monoisotopic (exact) mass is 453 g/mol. The molecule has 1 fully saturated rings. The zero-order chi connectivity index (χ0) is 23.5. The minimum atomic E-state index is -0.878. The molecular formula is C25H35N5OS. The van der Waals surface area contributed by atoms with Crippen LogP contribution in [0, 0.1) is 17.2 Å². The maximum absolute atomic E-state index is 12.6. The average molecular weight is 454 g/mol. The van der Waals surface area contributed by atoms with Crippen molar-refractivity contribution >= 4 is 17.7 Å². The van der Waals surface area contributed by atoms with Crippen molar-refractivity contribution in [2.45, 2.75) is 89.4 Å². The van der Waals surface area contributed by atoms with Crippen molar-refractivity contribution in [3.8, 4) is 17.5 Å². The Balaban J connectivity index is 1.82.